The molecule has 10 heteroatoms. The number of hydrogen-bond donors (Lipinski definition) is 0. The second kappa shape index (κ2) is 7.50. The summed E-state index contributed by atoms with van der Waals surface area (Å²) in [6.07, 6.45) is 5.19. The first-order chi connectivity index (χ1) is 13.4. The Kier molecular flexibility index (Phi) is 5.05. The van der Waals surface area contributed by atoms with Crippen molar-refractivity contribution in [3.05, 3.63) is 59.9 Å². The SMILES string of the molecule is Cc1nc(N2CCN(S(=O)(=O)c3ccccc3Cl)CC2)cc(-n2ccnc2)n1. The number of imidazole rings is 1. The molecule has 1 aliphatic rings. The van der Waals surface area contributed by atoms with E-state index in [1.807, 2.05) is 23.8 Å². The van der Waals surface area contributed by atoms with E-state index in [4.69, 9.17) is 11.6 Å². The number of hydrogen-bond acceptors (Lipinski definition) is 6. The van der Waals surface area contributed by atoms with Crippen LogP contribution in [0.25, 0.3) is 5.82 Å². The van der Waals surface area contributed by atoms with Gasteiger partial charge in [-0.25, -0.2) is 23.4 Å². The number of aromatic nitrogens is 4. The molecule has 2 aromatic heterocycles. The highest BCUT2D eigenvalue weighted by Gasteiger charge is 2.30. The molecule has 1 fully saturated rings. The first kappa shape index (κ1) is 18.9. The van der Waals surface area contributed by atoms with Crippen LogP contribution in [0.15, 0.2) is 53.9 Å². The van der Waals surface area contributed by atoms with Gasteiger partial charge in [0.1, 0.15) is 28.7 Å². The van der Waals surface area contributed by atoms with Crippen LogP contribution in [-0.4, -0.2) is 58.4 Å². The Morgan fingerprint density at radius 1 is 1.04 bits per heavy atom. The number of sulfonamides is 1. The van der Waals surface area contributed by atoms with E-state index in [1.165, 1.54) is 10.4 Å². The van der Waals surface area contributed by atoms with Gasteiger partial charge in [0.15, 0.2) is 0 Å². The molecule has 0 N–H and O–H groups in total. The van der Waals surface area contributed by atoms with E-state index in [9.17, 15) is 8.42 Å². The summed E-state index contributed by atoms with van der Waals surface area (Å²) in [5.41, 5.74) is 0. The third-order valence-electron chi connectivity index (χ3n) is 4.60. The van der Waals surface area contributed by atoms with Crippen LogP contribution in [0.4, 0.5) is 5.82 Å². The summed E-state index contributed by atoms with van der Waals surface area (Å²) >= 11 is 6.10. The lowest BCUT2D eigenvalue weighted by atomic mass is 10.3. The molecular formula is C18H19ClN6O2S. The summed E-state index contributed by atoms with van der Waals surface area (Å²) in [5, 5.41) is 0.237. The van der Waals surface area contributed by atoms with Gasteiger partial charge in [0.05, 0.1) is 5.02 Å². The van der Waals surface area contributed by atoms with Gasteiger partial charge in [-0.1, -0.05) is 23.7 Å². The van der Waals surface area contributed by atoms with E-state index < -0.39 is 10.0 Å². The molecule has 4 rings (SSSR count). The molecule has 0 saturated carbocycles. The lowest BCUT2D eigenvalue weighted by Gasteiger charge is -2.35. The Bertz CT molecular complexity index is 1080. The van der Waals surface area contributed by atoms with Crippen LogP contribution in [0.3, 0.4) is 0 Å². The minimum absolute atomic E-state index is 0.144. The molecule has 1 aliphatic heterocycles. The number of aryl methyl sites for hydroxylation is 1. The fraction of sp³-hybridized carbons (Fsp3) is 0.278. The van der Waals surface area contributed by atoms with Crippen molar-refractivity contribution in [2.24, 2.45) is 0 Å². The average molecular weight is 419 g/mol. The van der Waals surface area contributed by atoms with Gasteiger partial charge in [-0.2, -0.15) is 4.31 Å². The summed E-state index contributed by atoms with van der Waals surface area (Å²) in [7, 11) is -3.62. The molecule has 1 aromatic carbocycles. The maximum Gasteiger partial charge on any atom is 0.244 e. The smallest absolute Gasteiger partial charge is 0.244 e. The van der Waals surface area contributed by atoms with Crippen molar-refractivity contribution in [2.45, 2.75) is 11.8 Å². The molecule has 0 amide bonds. The first-order valence-corrected chi connectivity index (χ1v) is 10.6. The number of halogens is 1. The van der Waals surface area contributed by atoms with E-state index in [2.05, 4.69) is 19.9 Å². The highest BCUT2D eigenvalue weighted by atomic mass is 35.5. The van der Waals surface area contributed by atoms with Gasteiger partial charge in [0.25, 0.3) is 0 Å². The van der Waals surface area contributed by atoms with Crippen molar-refractivity contribution in [3.63, 3.8) is 0 Å². The van der Waals surface area contributed by atoms with Crippen LogP contribution in [0, 0.1) is 6.92 Å². The number of nitrogens with zero attached hydrogens (tertiary/aromatic N) is 6. The quantitative estimate of drug-likeness (QED) is 0.645. The van der Waals surface area contributed by atoms with Gasteiger partial charge in [0.2, 0.25) is 10.0 Å². The number of piperazine rings is 1. The lowest BCUT2D eigenvalue weighted by Crippen LogP contribution is -2.49. The highest BCUT2D eigenvalue weighted by molar-refractivity contribution is 7.89. The van der Waals surface area contributed by atoms with Crippen molar-refractivity contribution >= 4 is 27.4 Å². The maximum absolute atomic E-state index is 12.9. The third kappa shape index (κ3) is 3.60. The second-order valence-electron chi connectivity index (χ2n) is 6.42. The molecule has 1 saturated heterocycles. The van der Waals surface area contributed by atoms with Gasteiger partial charge in [-0.15, -0.1) is 0 Å². The Labute approximate surface area is 168 Å². The average Bonchev–Trinajstić information content (AvgIpc) is 3.23. The van der Waals surface area contributed by atoms with Gasteiger partial charge in [-0.3, -0.25) is 4.57 Å². The summed E-state index contributed by atoms with van der Waals surface area (Å²) < 4.78 is 29.1. The zero-order valence-corrected chi connectivity index (χ0v) is 16.8. The Morgan fingerprint density at radius 3 is 2.43 bits per heavy atom. The van der Waals surface area contributed by atoms with Crippen LogP contribution in [0.1, 0.15) is 5.82 Å². The van der Waals surface area contributed by atoms with E-state index in [-0.39, 0.29) is 9.92 Å². The largest absolute Gasteiger partial charge is 0.354 e. The number of rotatable bonds is 4. The number of benzene rings is 1. The Balaban J connectivity index is 1.53. The minimum Gasteiger partial charge on any atom is -0.354 e. The van der Waals surface area contributed by atoms with Crippen LogP contribution >= 0.6 is 11.6 Å². The maximum atomic E-state index is 12.9. The molecular weight excluding hydrogens is 400 g/mol. The van der Waals surface area contributed by atoms with Crippen molar-refractivity contribution < 1.29 is 8.42 Å². The van der Waals surface area contributed by atoms with Crippen molar-refractivity contribution in [3.8, 4) is 5.82 Å². The third-order valence-corrected chi connectivity index (χ3v) is 7.00. The minimum atomic E-state index is -3.62. The van der Waals surface area contributed by atoms with Crippen molar-refractivity contribution in [2.75, 3.05) is 31.1 Å². The Morgan fingerprint density at radius 2 is 1.75 bits per heavy atom. The lowest BCUT2D eigenvalue weighted by molar-refractivity contribution is 0.383. The first-order valence-electron chi connectivity index (χ1n) is 8.79. The van der Waals surface area contributed by atoms with Gasteiger partial charge < -0.3 is 4.90 Å². The van der Waals surface area contributed by atoms with E-state index in [0.717, 1.165) is 11.6 Å². The van der Waals surface area contributed by atoms with Gasteiger partial charge in [-0.05, 0) is 19.1 Å². The monoisotopic (exact) mass is 418 g/mol. The van der Waals surface area contributed by atoms with Crippen LogP contribution < -0.4 is 4.90 Å². The van der Waals surface area contributed by atoms with E-state index in [1.54, 1.807) is 30.7 Å². The molecule has 3 aromatic rings. The summed E-state index contributed by atoms with van der Waals surface area (Å²) in [6, 6.07) is 8.40. The molecule has 8 nitrogen and oxygen atoms in total. The molecule has 0 aliphatic carbocycles. The van der Waals surface area contributed by atoms with Crippen LogP contribution in [-0.2, 0) is 10.0 Å². The van der Waals surface area contributed by atoms with Crippen LogP contribution in [0.2, 0.25) is 5.02 Å². The zero-order valence-electron chi connectivity index (χ0n) is 15.2. The summed E-state index contributed by atoms with van der Waals surface area (Å²) in [5.74, 6) is 2.14. The van der Waals surface area contributed by atoms with Crippen LogP contribution in [0.5, 0.6) is 0 Å². The summed E-state index contributed by atoms with van der Waals surface area (Å²) in [6.45, 7) is 3.61. The topological polar surface area (TPSA) is 84.2 Å². The Hall–Kier alpha value is -2.49. The predicted octanol–water partition coefficient (Wildman–Crippen LogP) is 2.14. The van der Waals surface area contributed by atoms with E-state index in [0.29, 0.717) is 32.0 Å². The molecule has 3 heterocycles. The number of anilines is 1. The predicted molar refractivity (Wildman–Crippen MR) is 106 cm³/mol. The molecule has 0 atom stereocenters. The standard InChI is InChI=1S/C18H19ClN6O2S/c1-14-21-17(12-18(22-14)24-7-6-20-13-24)23-8-10-25(11-9-23)28(26,27)16-5-3-2-4-15(16)19/h2-7,12-13H,8-11H2,1H3. The van der Waals surface area contributed by atoms with Gasteiger partial charge in [0, 0.05) is 44.6 Å². The van der Waals surface area contributed by atoms with Gasteiger partial charge >= 0.3 is 0 Å². The molecule has 146 valence electrons. The molecule has 0 bridgehead atoms. The molecule has 0 radical (unpaired) electrons. The highest BCUT2D eigenvalue weighted by Crippen LogP contribution is 2.26. The van der Waals surface area contributed by atoms with Crippen molar-refractivity contribution in [1.29, 1.82) is 0 Å². The molecule has 28 heavy (non-hydrogen) atoms. The zero-order chi connectivity index (χ0) is 19.7. The second-order valence-corrected chi connectivity index (χ2v) is 8.74. The molecule has 0 unspecified atom stereocenters. The normalized spacial score (nSPS) is 15.7. The molecule has 0 spiro atoms. The fourth-order valence-electron chi connectivity index (χ4n) is 3.18. The van der Waals surface area contributed by atoms with Crippen molar-refractivity contribution in [1.82, 2.24) is 23.8 Å². The summed E-state index contributed by atoms with van der Waals surface area (Å²) in [4.78, 5) is 15.2. The van der Waals surface area contributed by atoms with E-state index >= 15 is 0 Å². The fourth-order valence-corrected chi connectivity index (χ4v) is 5.09.